The van der Waals surface area contributed by atoms with E-state index in [0.717, 1.165) is 4.31 Å². The van der Waals surface area contributed by atoms with E-state index in [0.29, 0.717) is 13.1 Å². The lowest BCUT2D eigenvalue weighted by Gasteiger charge is -2.40. The van der Waals surface area contributed by atoms with Crippen molar-refractivity contribution in [2.75, 3.05) is 39.5 Å². The van der Waals surface area contributed by atoms with Crippen molar-refractivity contribution in [2.45, 2.75) is 29.8 Å². The third-order valence-corrected chi connectivity index (χ3v) is 7.24. The summed E-state index contributed by atoms with van der Waals surface area (Å²) >= 11 is 0. The van der Waals surface area contributed by atoms with E-state index in [1.165, 1.54) is 0 Å². The van der Waals surface area contributed by atoms with Gasteiger partial charge in [-0.2, -0.15) is 8.78 Å². The Bertz CT molecular complexity index is 544. The van der Waals surface area contributed by atoms with Gasteiger partial charge in [-0.05, 0) is 20.9 Å². The van der Waals surface area contributed by atoms with Gasteiger partial charge < -0.3 is 4.90 Å². The first kappa shape index (κ1) is 19.8. The summed E-state index contributed by atoms with van der Waals surface area (Å²) in [5.41, 5.74) is 0. The highest BCUT2D eigenvalue weighted by molar-refractivity contribution is 7.92. The van der Waals surface area contributed by atoms with Crippen molar-refractivity contribution in [1.29, 1.82) is 0 Å². The third-order valence-electron chi connectivity index (χ3n) is 3.84. The normalized spacial score (nSPS) is 26.2. The fourth-order valence-corrected chi connectivity index (χ4v) is 4.05. The molecule has 1 aliphatic rings. The highest BCUT2D eigenvalue weighted by Gasteiger charge is 2.72. The van der Waals surface area contributed by atoms with Crippen LogP contribution in [0.25, 0.3) is 0 Å². The second kappa shape index (κ2) is 5.99. The summed E-state index contributed by atoms with van der Waals surface area (Å²) in [6, 6.07) is 0. The van der Waals surface area contributed by atoms with Gasteiger partial charge >= 0.3 is 5.92 Å². The minimum atomic E-state index is -4.98. The SMILES string of the molecule is CN1CCN(S(=O)C(C)(F)C(F)(F)C(C)(F)S(C)(=O)=O)CC1. The van der Waals surface area contributed by atoms with Gasteiger partial charge in [0.15, 0.2) is 9.84 Å². The Morgan fingerprint density at radius 1 is 1.00 bits per heavy atom. The molecule has 11 heteroatoms. The van der Waals surface area contributed by atoms with Crippen LogP contribution >= 0.6 is 0 Å². The van der Waals surface area contributed by atoms with Crippen LogP contribution in [0.4, 0.5) is 17.6 Å². The van der Waals surface area contributed by atoms with Gasteiger partial charge in [0, 0.05) is 32.4 Å². The van der Waals surface area contributed by atoms with Crippen LogP contribution in [0, 0.1) is 0 Å². The van der Waals surface area contributed by atoms with Crippen molar-refractivity contribution < 1.29 is 30.2 Å². The van der Waals surface area contributed by atoms with E-state index in [-0.39, 0.29) is 33.2 Å². The molecular weight excluding hydrogens is 348 g/mol. The zero-order chi connectivity index (χ0) is 17.6. The molecule has 5 nitrogen and oxygen atoms in total. The second-order valence-electron chi connectivity index (χ2n) is 5.66. The molecule has 3 atom stereocenters. The number of likely N-dealkylation sites (N-methyl/N-ethyl adjacent to an activating group) is 1. The number of hydrogen-bond acceptors (Lipinski definition) is 4. The molecule has 1 fully saturated rings. The molecular formula is C11H20F4N2O3S2. The van der Waals surface area contributed by atoms with Crippen LogP contribution in [-0.2, 0) is 20.8 Å². The number of rotatable bonds is 5. The summed E-state index contributed by atoms with van der Waals surface area (Å²) in [4.78, 5) is 1.83. The predicted octanol–water partition coefficient (Wildman–Crippen LogP) is 0.949. The Balaban J connectivity index is 3.13. The maximum atomic E-state index is 14.6. The summed E-state index contributed by atoms with van der Waals surface area (Å²) in [7, 11) is -6.08. The van der Waals surface area contributed by atoms with Crippen molar-refractivity contribution in [3.8, 4) is 0 Å². The molecule has 0 radical (unpaired) electrons. The maximum absolute atomic E-state index is 14.6. The molecule has 0 N–H and O–H groups in total. The first-order chi connectivity index (χ1) is 9.66. The number of halogens is 4. The van der Waals surface area contributed by atoms with Crippen molar-refractivity contribution in [2.24, 2.45) is 0 Å². The van der Waals surface area contributed by atoms with Crippen molar-refractivity contribution in [3.63, 3.8) is 0 Å². The lowest BCUT2D eigenvalue weighted by atomic mass is 10.1. The molecule has 1 rings (SSSR count). The van der Waals surface area contributed by atoms with E-state index >= 15 is 0 Å². The monoisotopic (exact) mass is 368 g/mol. The molecule has 1 heterocycles. The molecule has 3 unspecified atom stereocenters. The van der Waals surface area contributed by atoms with E-state index < -0.39 is 36.7 Å². The van der Waals surface area contributed by atoms with E-state index in [1.807, 2.05) is 4.90 Å². The van der Waals surface area contributed by atoms with Crippen LogP contribution in [0.5, 0.6) is 0 Å². The van der Waals surface area contributed by atoms with Crippen LogP contribution in [0.3, 0.4) is 0 Å². The fourth-order valence-electron chi connectivity index (χ4n) is 1.94. The molecule has 0 aromatic carbocycles. The maximum Gasteiger partial charge on any atom is 0.341 e. The Labute approximate surface area is 130 Å². The van der Waals surface area contributed by atoms with Crippen molar-refractivity contribution in [3.05, 3.63) is 0 Å². The number of piperazine rings is 1. The van der Waals surface area contributed by atoms with Crippen molar-refractivity contribution in [1.82, 2.24) is 9.21 Å². The quantitative estimate of drug-likeness (QED) is 0.678. The summed E-state index contributed by atoms with van der Waals surface area (Å²) < 4.78 is 92.7. The van der Waals surface area contributed by atoms with Crippen LogP contribution in [0.15, 0.2) is 0 Å². The van der Waals surface area contributed by atoms with Crippen LogP contribution < -0.4 is 0 Å². The van der Waals surface area contributed by atoms with Crippen LogP contribution in [0.1, 0.15) is 13.8 Å². The van der Waals surface area contributed by atoms with Gasteiger partial charge in [-0.1, -0.05) is 0 Å². The topological polar surface area (TPSA) is 57.7 Å². The first-order valence-corrected chi connectivity index (χ1v) is 9.47. The number of sulfone groups is 1. The summed E-state index contributed by atoms with van der Waals surface area (Å²) in [5.74, 6) is -4.98. The molecule has 0 amide bonds. The van der Waals surface area contributed by atoms with E-state index in [2.05, 4.69) is 0 Å². The fraction of sp³-hybridized carbons (Fsp3) is 1.00. The Kier molecular flexibility index (Phi) is 5.38. The van der Waals surface area contributed by atoms with Crippen molar-refractivity contribution >= 4 is 20.8 Å². The number of alkyl halides is 4. The zero-order valence-electron chi connectivity index (χ0n) is 12.8. The van der Waals surface area contributed by atoms with Crippen LogP contribution in [-0.4, -0.2) is 77.2 Å². The average molecular weight is 368 g/mol. The van der Waals surface area contributed by atoms with Gasteiger partial charge in [-0.15, -0.1) is 0 Å². The molecule has 0 aromatic heterocycles. The largest absolute Gasteiger partial charge is 0.341 e. The molecule has 1 saturated heterocycles. The lowest BCUT2D eigenvalue weighted by Crippen LogP contribution is -2.63. The molecule has 0 bridgehead atoms. The Morgan fingerprint density at radius 2 is 1.41 bits per heavy atom. The summed E-state index contributed by atoms with van der Waals surface area (Å²) in [5, 5.41) is -8.04. The van der Waals surface area contributed by atoms with E-state index in [4.69, 9.17) is 0 Å². The average Bonchev–Trinajstić information content (AvgIpc) is 2.37. The Morgan fingerprint density at radius 3 is 1.77 bits per heavy atom. The van der Waals surface area contributed by atoms with Gasteiger partial charge in [0.1, 0.15) is 11.0 Å². The van der Waals surface area contributed by atoms with Gasteiger partial charge in [0.25, 0.3) is 10.0 Å². The standard InChI is InChI=1S/C11H20F4N2O3S2/c1-9(12,11(14,15)10(2,13)22(4,19)20)21(18)17-7-5-16(3)6-8-17/h5-8H2,1-4H3. The van der Waals surface area contributed by atoms with Gasteiger partial charge in [-0.3, -0.25) is 0 Å². The first-order valence-electron chi connectivity index (χ1n) is 6.47. The third kappa shape index (κ3) is 3.17. The predicted molar refractivity (Wildman–Crippen MR) is 76.0 cm³/mol. The second-order valence-corrected chi connectivity index (χ2v) is 9.75. The number of nitrogens with zero attached hydrogens (tertiary/aromatic N) is 2. The lowest BCUT2D eigenvalue weighted by molar-refractivity contribution is -0.150. The summed E-state index contributed by atoms with van der Waals surface area (Å²) in [6.45, 7) is 1.23. The minimum absolute atomic E-state index is 0.0561. The number of hydrogen-bond donors (Lipinski definition) is 0. The zero-order valence-corrected chi connectivity index (χ0v) is 14.4. The smallest absolute Gasteiger partial charge is 0.304 e. The minimum Gasteiger partial charge on any atom is -0.304 e. The van der Waals surface area contributed by atoms with E-state index in [1.54, 1.807) is 7.05 Å². The molecule has 0 spiro atoms. The van der Waals surface area contributed by atoms with E-state index in [9.17, 15) is 30.2 Å². The summed E-state index contributed by atoms with van der Waals surface area (Å²) in [6.07, 6.45) is 0.246. The molecule has 0 aromatic rings. The Hall–Kier alpha value is -0.260. The van der Waals surface area contributed by atoms with Crippen LogP contribution in [0.2, 0.25) is 0 Å². The molecule has 22 heavy (non-hydrogen) atoms. The van der Waals surface area contributed by atoms with Gasteiger partial charge in [0.05, 0.1) is 0 Å². The van der Waals surface area contributed by atoms with Gasteiger partial charge in [-0.25, -0.2) is 25.7 Å². The molecule has 0 aliphatic carbocycles. The highest BCUT2D eigenvalue weighted by Crippen LogP contribution is 2.48. The molecule has 0 saturated carbocycles. The van der Waals surface area contributed by atoms with Gasteiger partial charge in [0.2, 0.25) is 0 Å². The highest BCUT2D eigenvalue weighted by atomic mass is 32.2. The molecule has 1 aliphatic heterocycles. The molecule has 132 valence electrons.